The number of amides is 1. The normalized spacial score (nSPS) is 21.1. The second kappa shape index (κ2) is 3.62. The highest BCUT2D eigenvalue weighted by molar-refractivity contribution is 5.89. The van der Waals surface area contributed by atoms with E-state index in [-0.39, 0.29) is 11.8 Å². The van der Waals surface area contributed by atoms with Gasteiger partial charge in [0.05, 0.1) is 0 Å². The first-order chi connectivity index (χ1) is 6.75. The number of anilines is 1. The second-order valence-electron chi connectivity index (χ2n) is 3.48. The summed E-state index contributed by atoms with van der Waals surface area (Å²) < 4.78 is 0. The van der Waals surface area contributed by atoms with E-state index >= 15 is 0 Å². The van der Waals surface area contributed by atoms with Crippen molar-refractivity contribution in [2.75, 3.05) is 5.73 Å². The van der Waals surface area contributed by atoms with Crippen LogP contribution in [0.4, 0.5) is 5.69 Å². The van der Waals surface area contributed by atoms with Crippen molar-refractivity contribution in [1.82, 2.24) is 0 Å². The predicted molar refractivity (Wildman–Crippen MR) is 56.3 cm³/mol. The maximum absolute atomic E-state index is 10.9. The van der Waals surface area contributed by atoms with Crippen molar-refractivity contribution < 1.29 is 4.79 Å². The summed E-state index contributed by atoms with van der Waals surface area (Å²) in [6.45, 7) is 0. The molecule has 2 rings (SSSR count). The number of carbonyl (C=O) groups excluding carboxylic acids is 1. The third-order valence-corrected chi connectivity index (χ3v) is 2.43. The fourth-order valence-corrected chi connectivity index (χ4v) is 1.59. The number of carbonyl (C=O) groups is 1. The van der Waals surface area contributed by atoms with Gasteiger partial charge in [-0.15, -0.1) is 0 Å². The molecule has 72 valence electrons. The lowest BCUT2D eigenvalue weighted by Crippen LogP contribution is -2.10. The lowest BCUT2D eigenvalue weighted by atomic mass is 9.93. The van der Waals surface area contributed by atoms with Gasteiger partial charge in [-0.3, -0.25) is 4.79 Å². The van der Waals surface area contributed by atoms with Gasteiger partial charge in [0.1, 0.15) is 0 Å². The number of hydrogen-bond acceptors (Lipinski definition) is 2. The quantitative estimate of drug-likeness (QED) is 0.682. The average molecular weight is 188 g/mol. The third kappa shape index (κ3) is 1.82. The van der Waals surface area contributed by atoms with Crippen LogP contribution in [0.15, 0.2) is 29.3 Å². The maximum atomic E-state index is 10.9. The Hall–Kier alpha value is -1.64. The van der Waals surface area contributed by atoms with Gasteiger partial charge in [0.15, 0.2) is 0 Å². The molecule has 0 spiro atoms. The first-order valence-corrected chi connectivity index (χ1v) is 4.68. The standard InChI is InChI=1S/C11H12N2O/c12-10-4-1-8(2-5-10)9-3-6-11(14)13-7-9/h1-2,4-5,7,9H,3,6,12H2. The number of nitrogens with zero attached hydrogens (tertiary/aromatic N) is 1. The summed E-state index contributed by atoms with van der Waals surface area (Å²) in [7, 11) is 0. The minimum atomic E-state index is -0.0169. The summed E-state index contributed by atoms with van der Waals surface area (Å²) in [6.07, 6.45) is 3.13. The molecule has 1 aliphatic heterocycles. The van der Waals surface area contributed by atoms with Gasteiger partial charge in [-0.05, 0) is 24.1 Å². The molecule has 2 N–H and O–H groups in total. The highest BCUT2D eigenvalue weighted by Crippen LogP contribution is 2.23. The number of nitrogen functional groups attached to an aromatic ring is 1. The molecule has 3 nitrogen and oxygen atoms in total. The molecular weight excluding hydrogens is 176 g/mol. The molecule has 1 heterocycles. The van der Waals surface area contributed by atoms with Crippen LogP contribution in [0.3, 0.4) is 0 Å². The second-order valence-corrected chi connectivity index (χ2v) is 3.48. The fourth-order valence-electron chi connectivity index (χ4n) is 1.59. The molecule has 0 radical (unpaired) electrons. The molecular formula is C11H12N2O. The highest BCUT2D eigenvalue weighted by atomic mass is 16.1. The van der Waals surface area contributed by atoms with Crippen molar-refractivity contribution in [2.24, 2.45) is 4.99 Å². The molecule has 0 saturated heterocycles. The Labute approximate surface area is 82.6 Å². The molecule has 1 unspecified atom stereocenters. The van der Waals surface area contributed by atoms with E-state index in [0.29, 0.717) is 6.42 Å². The Morgan fingerprint density at radius 1 is 1.29 bits per heavy atom. The number of hydrogen-bond donors (Lipinski definition) is 1. The van der Waals surface area contributed by atoms with Gasteiger partial charge < -0.3 is 5.73 Å². The summed E-state index contributed by atoms with van der Waals surface area (Å²) in [5.41, 5.74) is 7.53. The first kappa shape index (κ1) is 8.94. The van der Waals surface area contributed by atoms with Gasteiger partial charge in [0.25, 0.3) is 0 Å². The van der Waals surface area contributed by atoms with E-state index < -0.39 is 0 Å². The Kier molecular flexibility index (Phi) is 2.31. The molecule has 0 saturated carbocycles. The van der Waals surface area contributed by atoms with Gasteiger partial charge in [-0.2, -0.15) is 0 Å². The fraction of sp³-hybridized carbons (Fsp3) is 0.273. The summed E-state index contributed by atoms with van der Waals surface area (Å²) in [4.78, 5) is 14.7. The number of rotatable bonds is 1. The van der Waals surface area contributed by atoms with Crippen LogP contribution < -0.4 is 5.73 Å². The van der Waals surface area contributed by atoms with E-state index in [0.717, 1.165) is 12.1 Å². The SMILES string of the molecule is Nc1ccc(C2C=NC(=O)CC2)cc1. The van der Waals surface area contributed by atoms with Crippen molar-refractivity contribution in [3.8, 4) is 0 Å². The van der Waals surface area contributed by atoms with Crippen molar-refractivity contribution in [2.45, 2.75) is 18.8 Å². The zero-order valence-electron chi connectivity index (χ0n) is 7.81. The highest BCUT2D eigenvalue weighted by Gasteiger charge is 2.15. The molecule has 0 aromatic heterocycles. The molecule has 1 atom stereocenters. The van der Waals surface area contributed by atoms with Crippen molar-refractivity contribution in [3.63, 3.8) is 0 Å². The molecule has 0 bridgehead atoms. The van der Waals surface area contributed by atoms with Crippen LogP contribution in [0.5, 0.6) is 0 Å². The van der Waals surface area contributed by atoms with Gasteiger partial charge in [-0.1, -0.05) is 12.1 Å². The molecule has 3 heteroatoms. The lowest BCUT2D eigenvalue weighted by molar-refractivity contribution is -0.118. The van der Waals surface area contributed by atoms with E-state index in [1.165, 1.54) is 5.56 Å². The van der Waals surface area contributed by atoms with Crippen molar-refractivity contribution in [3.05, 3.63) is 29.8 Å². The molecule has 1 amide bonds. The molecule has 14 heavy (non-hydrogen) atoms. The minimum Gasteiger partial charge on any atom is -0.399 e. The van der Waals surface area contributed by atoms with Crippen molar-refractivity contribution in [1.29, 1.82) is 0 Å². The zero-order chi connectivity index (χ0) is 9.97. The van der Waals surface area contributed by atoms with Crippen LogP contribution in [0.1, 0.15) is 24.3 Å². The van der Waals surface area contributed by atoms with Crippen molar-refractivity contribution >= 4 is 17.8 Å². The summed E-state index contributed by atoms with van der Waals surface area (Å²) in [6, 6.07) is 7.73. The van der Waals surface area contributed by atoms with Crippen LogP contribution in [-0.2, 0) is 4.79 Å². The van der Waals surface area contributed by atoms with Crippen LogP contribution in [0.25, 0.3) is 0 Å². The molecule has 0 fully saturated rings. The number of aliphatic imine (C=N–C) groups is 1. The first-order valence-electron chi connectivity index (χ1n) is 4.68. The van der Waals surface area contributed by atoms with Crippen LogP contribution >= 0.6 is 0 Å². The van der Waals surface area contributed by atoms with Crippen LogP contribution in [0.2, 0.25) is 0 Å². The molecule has 1 aliphatic rings. The lowest BCUT2D eigenvalue weighted by Gasteiger charge is -2.14. The topological polar surface area (TPSA) is 55.4 Å². The number of benzene rings is 1. The Morgan fingerprint density at radius 3 is 2.57 bits per heavy atom. The third-order valence-electron chi connectivity index (χ3n) is 2.43. The summed E-state index contributed by atoms with van der Waals surface area (Å²) in [5, 5.41) is 0. The van der Waals surface area contributed by atoms with E-state index in [1.54, 1.807) is 6.21 Å². The van der Waals surface area contributed by atoms with Gasteiger partial charge in [0, 0.05) is 24.2 Å². The Bertz CT molecular complexity index is 367. The molecule has 1 aromatic carbocycles. The van der Waals surface area contributed by atoms with Gasteiger partial charge in [-0.25, -0.2) is 4.99 Å². The smallest absolute Gasteiger partial charge is 0.245 e. The van der Waals surface area contributed by atoms with Crippen LogP contribution in [-0.4, -0.2) is 12.1 Å². The molecule has 0 aliphatic carbocycles. The predicted octanol–water partition coefficient (Wildman–Crippen LogP) is 1.74. The van der Waals surface area contributed by atoms with Crippen LogP contribution in [0, 0.1) is 0 Å². The monoisotopic (exact) mass is 188 g/mol. The number of nitrogens with two attached hydrogens (primary N) is 1. The van der Waals surface area contributed by atoms with Gasteiger partial charge >= 0.3 is 0 Å². The summed E-state index contributed by atoms with van der Waals surface area (Å²) in [5.74, 6) is 0.255. The average Bonchev–Trinajstić information content (AvgIpc) is 2.21. The maximum Gasteiger partial charge on any atom is 0.245 e. The van der Waals surface area contributed by atoms with E-state index in [9.17, 15) is 4.79 Å². The van der Waals surface area contributed by atoms with E-state index in [4.69, 9.17) is 5.73 Å². The Balaban J connectivity index is 2.20. The van der Waals surface area contributed by atoms with E-state index in [1.807, 2.05) is 24.3 Å². The van der Waals surface area contributed by atoms with Gasteiger partial charge in [0.2, 0.25) is 5.91 Å². The minimum absolute atomic E-state index is 0.0169. The molecule has 1 aromatic rings. The van der Waals surface area contributed by atoms with E-state index in [2.05, 4.69) is 4.99 Å². The largest absolute Gasteiger partial charge is 0.399 e. The zero-order valence-corrected chi connectivity index (χ0v) is 7.81. The Morgan fingerprint density at radius 2 is 2.00 bits per heavy atom. The summed E-state index contributed by atoms with van der Waals surface area (Å²) >= 11 is 0.